The SMILES string of the molecule is CCc1ccc2oc(-c3ccc(C)c(N=[N+]=[N-])c3)nc2c1. The summed E-state index contributed by atoms with van der Waals surface area (Å²) in [6, 6.07) is 11.6. The average Bonchev–Trinajstić information content (AvgIpc) is 2.92. The lowest BCUT2D eigenvalue weighted by atomic mass is 10.1. The largest absolute Gasteiger partial charge is 0.436 e. The van der Waals surface area contributed by atoms with Crippen LogP contribution < -0.4 is 0 Å². The molecule has 2 aromatic carbocycles. The van der Waals surface area contributed by atoms with Crippen LogP contribution in [-0.2, 0) is 6.42 Å². The molecule has 0 amide bonds. The van der Waals surface area contributed by atoms with E-state index in [0.29, 0.717) is 11.6 Å². The van der Waals surface area contributed by atoms with Gasteiger partial charge in [-0.1, -0.05) is 24.2 Å². The predicted octanol–water partition coefficient (Wildman–Crippen LogP) is 5.31. The topological polar surface area (TPSA) is 74.8 Å². The molecule has 5 nitrogen and oxygen atoms in total. The molecule has 0 unspecified atom stereocenters. The molecule has 1 heterocycles. The van der Waals surface area contributed by atoms with E-state index < -0.39 is 0 Å². The zero-order valence-corrected chi connectivity index (χ0v) is 11.9. The van der Waals surface area contributed by atoms with Crippen LogP contribution in [0.4, 0.5) is 5.69 Å². The van der Waals surface area contributed by atoms with Crippen molar-refractivity contribution in [2.45, 2.75) is 20.3 Å². The smallest absolute Gasteiger partial charge is 0.227 e. The fourth-order valence-corrected chi connectivity index (χ4v) is 2.21. The van der Waals surface area contributed by atoms with Crippen LogP contribution in [0.1, 0.15) is 18.1 Å². The van der Waals surface area contributed by atoms with E-state index in [2.05, 4.69) is 21.9 Å². The molecule has 0 bridgehead atoms. The highest BCUT2D eigenvalue weighted by Crippen LogP contribution is 2.29. The van der Waals surface area contributed by atoms with E-state index in [0.717, 1.165) is 28.6 Å². The third-order valence-electron chi connectivity index (χ3n) is 3.47. The lowest BCUT2D eigenvalue weighted by molar-refractivity contribution is 0.620. The number of rotatable bonds is 3. The Kier molecular flexibility index (Phi) is 3.34. The van der Waals surface area contributed by atoms with Crippen molar-refractivity contribution in [1.82, 2.24) is 4.98 Å². The van der Waals surface area contributed by atoms with Crippen molar-refractivity contribution in [2.75, 3.05) is 0 Å². The van der Waals surface area contributed by atoms with Gasteiger partial charge in [0.2, 0.25) is 5.89 Å². The van der Waals surface area contributed by atoms with Crippen molar-refractivity contribution < 1.29 is 4.42 Å². The van der Waals surface area contributed by atoms with E-state index in [1.807, 2.05) is 37.3 Å². The second kappa shape index (κ2) is 5.31. The molecular formula is C16H14N4O. The molecule has 0 aliphatic carbocycles. The van der Waals surface area contributed by atoms with Crippen molar-refractivity contribution >= 4 is 16.8 Å². The Bertz CT molecular complexity index is 860. The van der Waals surface area contributed by atoms with Crippen LogP contribution in [0.15, 0.2) is 45.9 Å². The van der Waals surface area contributed by atoms with Crippen LogP contribution in [-0.4, -0.2) is 4.98 Å². The standard InChI is InChI=1S/C16H14N4O/c1-3-11-5-7-15-14(8-11)18-16(21-15)12-6-4-10(2)13(9-12)19-20-17/h4-9H,3H2,1-2H3. The Hall–Kier alpha value is -2.78. The molecule has 0 radical (unpaired) electrons. The minimum absolute atomic E-state index is 0.535. The van der Waals surface area contributed by atoms with Gasteiger partial charge in [-0.05, 0) is 54.3 Å². The fraction of sp³-hybridized carbons (Fsp3) is 0.188. The van der Waals surface area contributed by atoms with Crippen molar-refractivity contribution in [1.29, 1.82) is 0 Å². The summed E-state index contributed by atoms with van der Waals surface area (Å²) in [4.78, 5) is 7.36. The summed E-state index contributed by atoms with van der Waals surface area (Å²) < 4.78 is 5.78. The number of oxazole rings is 1. The van der Waals surface area contributed by atoms with Gasteiger partial charge in [0.05, 0.1) is 0 Å². The van der Waals surface area contributed by atoms with Gasteiger partial charge >= 0.3 is 0 Å². The van der Waals surface area contributed by atoms with Crippen LogP contribution in [0, 0.1) is 6.92 Å². The third-order valence-corrected chi connectivity index (χ3v) is 3.47. The lowest BCUT2D eigenvalue weighted by Gasteiger charge is -2.00. The molecule has 104 valence electrons. The first kappa shape index (κ1) is 13.2. The number of nitrogens with zero attached hydrogens (tertiary/aromatic N) is 4. The number of azide groups is 1. The molecule has 0 atom stereocenters. The molecule has 5 heteroatoms. The molecule has 0 N–H and O–H groups in total. The van der Waals surface area contributed by atoms with Gasteiger partial charge in [-0.25, -0.2) is 4.98 Å². The van der Waals surface area contributed by atoms with Gasteiger partial charge in [-0.15, -0.1) is 0 Å². The van der Waals surface area contributed by atoms with Gasteiger partial charge in [0.1, 0.15) is 5.52 Å². The first-order valence-corrected chi connectivity index (χ1v) is 6.77. The van der Waals surface area contributed by atoms with Crippen molar-refractivity contribution in [3.05, 3.63) is 58.0 Å². The molecule has 0 fully saturated rings. The Balaban J connectivity index is 2.11. The minimum Gasteiger partial charge on any atom is -0.436 e. The zero-order valence-electron chi connectivity index (χ0n) is 11.9. The van der Waals surface area contributed by atoms with Crippen LogP contribution in [0.2, 0.25) is 0 Å². The van der Waals surface area contributed by atoms with Crippen molar-refractivity contribution in [2.24, 2.45) is 5.11 Å². The summed E-state index contributed by atoms with van der Waals surface area (Å²) in [6.07, 6.45) is 0.962. The molecule has 3 aromatic rings. The average molecular weight is 278 g/mol. The Morgan fingerprint density at radius 2 is 2.10 bits per heavy atom. The molecule has 0 saturated heterocycles. The number of aromatic nitrogens is 1. The second-order valence-corrected chi connectivity index (χ2v) is 4.87. The zero-order chi connectivity index (χ0) is 14.8. The van der Waals surface area contributed by atoms with Crippen LogP contribution in [0.3, 0.4) is 0 Å². The molecule has 0 aliphatic heterocycles. The monoisotopic (exact) mass is 278 g/mol. The summed E-state index contributed by atoms with van der Waals surface area (Å²) >= 11 is 0. The maximum absolute atomic E-state index is 8.60. The van der Waals surface area contributed by atoms with Gasteiger partial charge in [0.25, 0.3) is 0 Å². The third kappa shape index (κ3) is 2.47. The van der Waals surface area contributed by atoms with Crippen LogP contribution in [0.5, 0.6) is 0 Å². The van der Waals surface area contributed by atoms with Gasteiger partial charge in [-0.3, -0.25) is 0 Å². The predicted molar refractivity (Wildman–Crippen MR) is 82.4 cm³/mol. The summed E-state index contributed by atoms with van der Waals surface area (Å²) in [6.45, 7) is 4.00. The van der Waals surface area contributed by atoms with E-state index in [1.54, 1.807) is 6.07 Å². The van der Waals surface area contributed by atoms with Crippen molar-refractivity contribution in [3.63, 3.8) is 0 Å². The summed E-state index contributed by atoms with van der Waals surface area (Å²) in [5.41, 5.74) is 13.7. The van der Waals surface area contributed by atoms with E-state index in [-0.39, 0.29) is 0 Å². The second-order valence-electron chi connectivity index (χ2n) is 4.87. The maximum Gasteiger partial charge on any atom is 0.227 e. The fourth-order valence-electron chi connectivity index (χ4n) is 2.21. The van der Waals surface area contributed by atoms with Crippen molar-refractivity contribution in [3.8, 4) is 11.5 Å². The Morgan fingerprint density at radius 1 is 1.24 bits per heavy atom. The number of hydrogen-bond acceptors (Lipinski definition) is 3. The number of aryl methyl sites for hydroxylation is 2. The van der Waals surface area contributed by atoms with E-state index >= 15 is 0 Å². The first-order chi connectivity index (χ1) is 10.2. The molecule has 21 heavy (non-hydrogen) atoms. The van der Waals surface area contributed by atoms with Gasteiger partial charge < -0.3 is 4.42 Å². The Labute approximate surface area is 121 Å². The van der Waals surface area contributed by atoms with Crippen LogP contribution in [0.25, 0.3) is 33.0 Å². The molecule has 0 spiro atoms. The summed E-state index contributed by atoms with van der Waals surface area (Å²) in [5, 5.41) is 3.68. The highest BCUT2D eigenvalue weighted by Gasteiger charge is 2.10. The van der Waals surface area contributed by atoms with Gasteiger partial charge in [0, 0.05) is 16.2 Å². The quantitative estimate of drug-likeness (QED) is 0.370. The molecule has 0 saturated carbocycles. The molecule has 0 aliphatic rings. The normalized spacial score (nSPS) is 10.6. The van der Waals surface area contributed by atoms with Gasteiger partial charge in [0.15, 0.2) is 5.58 Å². The lowest BCUT2D eigenvalue weighted by Crippen LogP contribution is -1.80. The first-order valence-electron chi connectivity index (χ1n) is 6.77. The number of fused-ring (bicyclic) bond motifs is 1. The van der Waals surface area contributed by atoms with Gasteiger partial charge in [-0.2, -0.15) is 0 Å². The van der Waals surface area contributed by atoms with Crippen LogP contribution >= 0.6 is 0 Å². The molecular weight excluding hydrogens is 264 g/mol. The van der Waals surface area contributed by atoms with E-state index in [1.165, 1.54) is 5.56 Å². The summed E-state index contributed by atoms with van der Waals surface area (Å²) in [5.74, 6) is 0.535. The minimum atomic E-state index is 0.535. The molecule has 3 rings (SSSR count). The van der Waals surface area contributed by atoms with E-state index in [9.17, 15) is 0 Å². The highest BCUT2D eigenvalue weighted by molar-refractivity contribution is 5.77. The summed E-state index contributed by atoms with van der Waals surface area (Å²) in [7, 11) is 0. The Morgan fingerprint density at radius 3 is 2.86 bits per heavy atom. The van der Waals surface area contributed by atoms with E-state index in [4.69, 9.17) is 9.95 Å². The number of hydrogen-bond donors (Lipinski definition) is 0. The maximum atomic E-state index is 8.60. The number of benzene rings is 2. The molecule has 1 aromatic heterocycles. The highest BCUT2D eigenvalue weighted by atomic mass is 16.3.